The topological polar surface area (TPSA) is 81.2 Å². The number of amides is 1. The quantitative estimate of drug-likeness (QED) is 0.440. The van der Waals surface area contributed by atoms with Crippen molar-refractivity contribution in [3.05, 3.63) is 35.4 Å². The zero-order chi connectivity index (χ0) is 17.4. The number of thioether (sulfide) groups is 1. The Kier molecular flexibility index (Phi) is 7.20. The summed E-state index contributed by atoms with van der Waals surface area (Å²) >= 11 is 2.48. The van der Waals surface area contributed by atoms with Gasteiger partial charge in [-0.2, -0.15) is 0 Å². The summed E-state index contributed by atoms with van der Waals surface area (Å²) < 4.78 is 5.18. The predicted octanol–water partition coefficient (Wildman–Crippen LogP) is 2.94. The maximum atomic E-state index is 12.0. The van der Waals surface area contributed by atoms with Crippen molar-refractivity contribution < 1.29 is 14.3 Å². The smallest absolute Gasteiger partial charge is 0.316 e. The zero-order valence-electron chi connectivity index (χ0n) is 13.6. The summed E-state index contributed by atoms with van der Waals surface area (Å²) in [5.41, 5.74) is 2.42. The van der Waals surface area contributed by atoms with Crippen molar-refractivity contribution >= 4 is 40.1 Å². The minimum Gasteiger partial charge on any atom is -0.468 e. The molecule has 1 aromatic carbocycles. The molecular weight excluding hydrogens is 346 g/mol. The Hall–Kier alpha value is -1.93. The number of rotatable bonds is 8. The molecule has 1 heterocycles. The van der Waals surface area contributed by atoms with Crippen LogP contribution in [0, 0.1) is 0 Å². The first-order chi connectivity index (χ1) is 11.6. The van der Waals surface area contributed by atoms with E-state index in [1.54, 1.807) is 0 Å². The first kappa shape index (κ1) is 18.4. The van der Waals surface area contributed by atoms with Gasteiger partial charge in [0.05, 0.1) is 12.9 Å². The highest BCUT2D eigenvalue weighted by Crippen LogP contribution is 2.25. The van der Waals surface area contributed by atoms with Crippen molar-refractivity contribution in [1.82, 2.24) is 10.2 Å². The molecule has 8 heteroatoms. The Morgan fingerprint density at radius 2 is 1.92 bits per heavy atom. The van der Waals surface area contributed by atoms with Crippen molar-refractivity contribution in [3.63, 3.8) is 0 Å². The van der Waals surface area contributed by atoms with Gasteiger partial charge in [-0.25, -0.2) is 0 Å². The van der Waals surface area contributed by atoms with Crippen molar-refractivity contribution in [3.8, 4) is 0 Å². The van der Waals surface area contributed by atoms with Crippen molar-refractivity contribution in [2.75, 3.05) is 18.2 Å². The monoisotopic (exact) mass is 365 g/mol. The lowest BCUT2D eigenvalue weighted by molar-refractivity contribution is -0.137. The Labute approximate surface area is 149 Å². The largest absolute Gasteiger partial charge is 0.468 e. The van der Waals surface area contributed by atoms with E-state index < -0.39 is 0 Å². The maximum Gasteiger partial charge on any atom is 0.316 e. The number of methoxy groups -OCH3 is 1. The van der Waals surface area contributed by atoms with Gasteiger partial charge in [0.25, 0.3) is 0 Å². The van der Waals surface area contributed by atoms with E-state index in [1.165, 1.54) is 35.8 Å². The van der Waals surface area contributed by atoms with E-state index in [2.05, 4.69) is 51.4 Å². The number of hydrogen-bond acceptors (Lipinski definition) is 7. The molecule has 0 spiro atoms. The fraction of sp³-hybridized carbons (Fsp3) is 0.375. The second-order valence-electron chi connectivity index (χ2n) is 4.96. The third-order valence-corrected chi connectivity index (χ3v) is 5.21. The predicted molar refractivity (Wildman–Crippen MR) is 95.4 cm³/mol. The zero-order valence-corrected chi connectivity index (χ0v) is 15.2. The fourth-order valence-corrected chi connectivity index (χ4v) is 3.48. The van der Waals surface area contributed by atoms with Gasteiger partial charge in [-0.3, -0.25) is 9.59 Å². The van der Waals surface area contributed by atoms with Crippen LogP contribution in [0.3, 0.4) is 0 Å². The molecule has 2 aromatic rings. The first-order valence-corrected chi connectivity index (χ1v) is 9.31. The molecule has 6 nitrogen and oxygen atoms in total. The number of anilines is 1. The third kappa shape index (κ3) is 5.93. The number of ether oxygens (including phenoxy) is 1. The summed E-state index contributed by atoms with van der Waals surface area (Å²) in [6.45, 7) is 2.11. The summed E-state index contributed by atoms with van der Waals surface area (Å²) in [6.07, 6.45) is 2.07. The van der Waals surface area contributed by atoms with Crippen LogP contribution in [0.4, 0.5) is 5.13 Å². The second-order valence-corrected chi connectivity index (χ2v) is 7.16. The minimum atomic E-state index is -0.324. The Morgan fingerprint density at radius 3 is 2.58 bits per heavy atom. The lowest BCUT2D eigenvalue weighted by Gasteiger charge is -2.03. The minimum absolute atomic E-state index is 0.102. The number of nitrogens with zero attached hydrogens (tertiary/aromatic N) is 2. The summed E-state index contributed by atoms with van der Waals surface area (Å²) in [5.74, 6) is -0.252. The molecule has 0 aliphatic rings. The SMILES string of the molecule is CCc1ccc(CCC(=O)Nc2nnc(SCC(=O)OC)s2)cc1. The normalized spacial score (nSPS) is 10.4. The van der Waals surface area contributed by atoms with Crippen LogP contribution in [0.1, 0.15) is 24.5 Å². The van der Waals surface area contributed by atoms with Crippen LogP contribution >= 0.6 is 23.1 Å². The molecule has 2 rings (SSSR count). The van der Waals surface area contributed by atoms with Crippen LogP contribution in [-0.2, 0) is 27.2 Å². The highest BCUT2D eigenvalue weighted by molar-refractivity contribution is 8.01. The highest BCUT2D eigenvalue weighted by Gasteiger charge is 2.10. The average Bonchev–Trinajstić information content (AvgIpc) is 3.05. The molecule has 0 saturated carbocycles. The van der Waals surface area contributed by atoms with Crippen molar-refractivity contribution in [2.24, 2.45) is 0 Å². The summed E-state index contributed by atoms with van der Waals surface area (Å²) in [5, 5.41) is 11.0. The van der Waals surface area contributed by atoms with Crippen LogP contribution in [0.2, 0.25) is 0 Å². The molecule has 1 N–H and O–H groups in total. The molecule has 0 fully saturated rings. The lowest BCUT2D eigenvalue weighted by Crippen LogP contribution is -2.12. The van der Waals surface area contributed by atoms with Crippen molar-refractivity contribution in [1.29, 1.82) is 0 Å². The van der Waals surface area contributed by atoms with Gasteiger partial charge in [0.1, 0.15) is 0 Å². The molecular formula is C16H19N3O3S2. The summed E-state index contributed by atoms with van der Waals surface area (Å²) in [7, 11) is 1.34. The Bertz CT molecular complexity index is 686. The molecule has 0 aliphatic carbocycles. The lowest BCUT2D eigenvalue weighted by atomic mass is 10.1. The third-order valence-electron chi connectivity index (χ3n) is 3.27. The first-order valence-electron chi connectivity index (χ1n) is 7.51. The summed E-state index contributed by atoms with van der Waals surface area (Å²) in [6, 6.07) is 8.28. The maximum absolute atomic E-state index is 12.0. The van der Waals surface area contributed by atoms with Crippen molar-refractivity contribution in [2.45, 2.75) is 30.5 Å². The second kappa shape index (κ2) is 9.39. The van der Waals surface area contributed by atoms with Crippen LogP contribution in [0.25, 0.3) is 0 Å². The number of nitrogens with one attached hydrogen (secondary N) is 1. The van der Waals surface area contributed by atoms with Gasteiger partial charge in [-0.15, -0.1) is 10.2 Å². The molecule has 0 saturated heterocycles. The van der Waals surface area contributed by atoms with Crippen LogP contribution in [0.5, 0.6) is 0 Å². The number of carbonyl (C=O) groups is 2. The molecule has 1 aromatic heterocycles. The standard InChI is InChI=1S/C16H19N3O3S2/c1-3-11-4-6-12(7-5-11)8-9-13(20)17-15-18-19-16(24-15)23-10-14(21)22-2/h4-7H,3,8-10H2,1-2H3,(H,17,18,20). The molecule has 128 valence electrons. The van der Waals surface area contributed by atoms with Gasteiger partial charge < -0.3 is 10.1 Å². The number of aryl methyl sites for hydroxylation is 2. The fourth-order valence-electron chi connectivity index (χ4n) is 1.88. The van der Waals surface area contributed by atoms with E-state index in [9.17, 15) is 9.59 Å². The number of carbonyl (C=O) groups excluding carboxylic acids is 2. The van der Waals surface area contributed by atoms with Crippen LogP contribution in [0.15, 0.2) is 28.6 Å². The summed E-state index contributed by atoms with van der Waals surface area (Å²) in [4.78, 5) is 23.1. The van der Waals surface area contributed by atoms with E-state index in [-0.39, 0.29) is 17.6 Å². The Balaban J connectivity index is 1.77. The van der Waals surface area contributed by atoms with Gasteiger partial charge in [-0.05, 0) is 24.0 Å². The van der Waals surface area contributed by atoms with Gasteiger partial charge in [-0.1, -0.05) is 54.3 Å². The van der Waals surface area contributed by atoms with Gasteiger partial charge >= 0.3 is 5.97 Å². The highest BCUT2D eigenvalue weighted by atomic mass is 32.2. The van der Waals surface area contributed by atoms with E-state index in [0.29, 0.717) is 22.3 Å². The molecule has 0 bridgehead atoms. The molecule has 0 aliphatic heterocycles. The van der Waals surface area contributed by atoms with Gasteiger partial charge in [0.2, 0.25) is 11.0 Å². The number of hydrogen-bond donors (Lipinski definition) is 1. The molecule has 0 atom stereocenters. The average molecular weight is 365 g/mol. The Morgan fingerprint density at radius 1 is 1.21 bits per heavy atom. The van der Waals surface area contributed by atoms with E-state index >= 15 is 0 Å². The molecule has 0 radical (unpaired) electrons. The van der Waals surface area contributed by atoms with Gasteiger partial charge in [0.15, 0.2) is 4.34 Å². The molecule has 24 heavy (non-hydrogen) atoms. The van der Waals surface area contributed by atoms with Crippen LogP contribution in [-0.4, -0.2) is 34.9 Å². The number of esters is 1. The number of benzene rings is 1. The van der Waals surface area contributed by atoms with Crippen LogP contribution < -0.4 is 5.32 Å². The van der Waals surface area contributed by atoms with E-state index in [4.69, 9.17) is 0 Å². The molecule has 1 amide bonds. The van der Waals surface area contributed by atoms with E-state index in [1.807, 2.05) is 0 Å². The number of aromatic nitrogens is 2. The van der Waals surface area contributed by atoms with E-state index in [0.717, 1.165) is 12.0 Å². The van der Waals surface area contributed by atoms with Gasteiger partial charge in [0, 0.05) is 6.42 Å². The molecule has 0 unspecified atom stereocenters.